The van der Waals surface area contributed by atoms with Crippen LogP contribution >= 0.6 is 0 Å². The number of hydrogen-bond donors (Lipinski definition) is 1. The summed E-state index contributed by atoms with van der Waals surface area (Å²) < 4.78 is 4.93. The van der Waals surface area contributed by atoms with Gasteiger partial charge < -0.3 is 25.3 Å². The molecule has 2 aliphatic rings. The molecule has 1 fully saturated rings. The molecule has 0 aliphatic carbocycles. The van der Waals surface area contributed by atoms with E-state index in [0.29, 0.717) is 43.8 Å². The van der Waals surface area contributed by atoms with E-state index < -0.39 is 17.7 Å². The van der Waals surface area contributed by atoms with Gasteiger partial charge in [-0.3, -0.25) is 9.28 Å². The van der Waals surface area contributed by atoms with Crippen molar-refractivity contribution in [3.63, 3.8) is 0 Å². The summed E-state index contributed by atoms with van der Waals surface area (Å²) >= 11 is 0. The van der Waals surface area contributed by atoms with Crippen LogP contribution in [-0.2, 0) is 11.2 Å². The van der Waals surface area contributed by atoms with Gasteiger partial charge in [-0.2, -0.15) is 0 Å². The third-order valence-electron chi connectivity index (χ3n) is 5.92. The second-order valence-electron chi connectivity index (χ2n) is 8.15. The fraction of sp³-hybridized carbons (Fsp3) is 0.579. The Morgan fingerprint density at radius 3 is 2.62 bits per heavy atom. The largest absolute Gasteiger partial charge is 0.498 e. The average Bonchev–Trinajstić information content (AvgIpc) is 3.17. The van der Waals surface area contributed by atoms with Gasteiger partial charge in [-0.15, -0.1) is 0 Å². The minimum Gasteiger partial charge on any atom is -0.498 e. The highest BCUT2D eigenvalue weighted by Gasteiger charge is 2.56. The number of carbonyl (C=O) groups excluding carboxylic acids is 2. The molecule has 0 saturated carbocycles. The van der Waals surface area contributed by atoms with E-state index in [0.717, 1.165) is 11.3 Å². The van der Waals surface area contributed by atoms with Gasteiger partial charge >= 0.3 is 0 Å². The topological polar surface area (TPSA) is 95.7 Å². The lowest BCUT2D eigenvalue weighted by Gasteiger charge is -2.49. The number of amides is 2. The SMILES string of the molecule is COc1cc2c(cc1N)N(C(=O)[C@@H]1CCC[N+]1(C(=O)[O-])C(C)(C)C)CC2. The third-order valence-corrected chi connectivity index (χ3v) is 5.92. The molecule has 1 saturated heterocycles. The van der Waals surface area contributed by atoms with Gasteiger partial charge in [0.1, 0.15) is 5.75 Å². The first-order valence-electron chi connectivity index (χ1n) is 9.00. The first-order chi connectivity index (χ1) is 12.1. The Labute approximate surface area is 153 Å². The highest BCUT2D eigenvalue weighted by molar-refractivity contribution is 5.99. The van der Waals surface area contributed by atoms with Crippen LogP contribution in [0.3, 0.4) is 0 Å². The lowest BCUT2D eigenvalue weighted by atomic mass is 9.99. The van der Waals surface area contributed by atoms with Gasteiger partial charge in [-0.25, -0.2) is 0 Å². The van der Waals surface area contributed by atoms with Crippen molar-refractivity contribution in [3.05, 3.63) is 17.7 Å². The van der Waals surface area contributed by atoms with Crippen molar-refractivity contribution in [2.75, 3.05) is 30.8 Å². The molecular weight excluding hydrogens is 334 g/mol. The zero-order valence-electron chi connectivity index (χ0n) is 15.9. The molecular formula is C19H27N3O4. The normalized spacial score (nSPS) is 25.2. The number of hydrogen-bond acceptors (Lipinski definition) is 5. The van der Waals surface area contributed by atoms with Gasteiger partial charge in [-0.05, 0) is 44.9 Å². The zero-order valence-corrected chi connectivity index (χ0v) is 15.9. The highest BCUT2D eigenvalue weighted by atomic mass is 16.5. The molecule has 26 heavy (non-hydrogen) atoms. The van der Waals surface area contributed by atoms with Gasteiger partial charge in [0.05, 0.1) is 24.9 Å². The number of nitrogens with zero attached hydrogens (tertiary/aromatic N) is 2. The van der Waals surface area contributed by atoms with E-state index in [1.54, 1.807) is 18.1 Å². The lowest BCUT2D eigenvalue weighted by Crippen LogP contribution is -2.72. The van der Waals surface area contributed by atoms with Crippen LogP contribution < -0.4 is 20.5 Å². The fourth-order valence-electron chi connectivity index (χ4n) is 4.53. The number of fused-ring (bicyclic) bond motifs is 1. The van der Waals surface area contributed by atoms with Crippen molar-refractivity contribution in [2.24, 2.45) is 0 Å². The predicted octanol–water partition coefficient (Wildman–Crippen LogP) is 1.29. The number of carboxylic acid groups (broad SMARTS) is 1. The molecule has 2 heterocycles. The summed E-state index contributed by atoms with van der Waals surface area (Å²) in [6.07, 6.45) is 0.752. The molecule has 2 amide bonds. The van der Waals surface area contributed by atoms with Crippen molar-refractivity contribution in [1.82, 2.24) is 0 Å². The maximum atomic E-state index is 13.4. The molecule has 1 aromatic rings. The Balaban J connectivity index is 1.99. The highest BCUT2D eigenvalue weighted by Crippen LogP contribution is 2.41. The fourth-order valence-corrected chi connectivity index (χ4v) is 4.53. The molecule has 1 aromatic carbocycles. The summed E-state index contributed by atoms with van der Waals surface area (Å²) in [6.45, 7) is 6.50. The summed E-state index contributed by atoms with van der Waals surface area (Å²) in [4.78, 5) is 27.2. The number of methoxy groups -OCH3 is 1. The summed E-state index contributed by atoms with van der Waals surface area (Å²) in [7, 11) is 1.56. The van der Waals surface area contributed by atoms with E-state index in [9.17, 15) is 14.7 Å². The van der Waals surface area contributed by atoms with Crippen LogP contribution in [0.4, 0.5) is 16.2 Å². The van der Waals surface area contributed by atoms with Crippen LogP contribution in [0.1, 0.15) is 39.2 Å². The summed E-state index contributed by atoms with van der Waals surface area (Å²) in [5.41, 5.74) is 7.60. The van der Waals surface area contributed by atoms with Crippen molar-refractivity contribution < 1.29 is 23.9 Å². The van der Waals surface area contributed by atoms with Crippen LogP contribution in [0.5, 0.6) is 5.75 Å². The summed E-state index contributed by atoms with van der Waals surface area (Å²) in [5.74, 6) is 0.429. The number of carbonyl (C=O) groups is 2. The van der Waals surface area contributed by atoms with Gasteiger partial charge in [0.2, 0.25) is 0 Å². The van der Waals surface area contributed by atoms with Crippen molar-refractivity contribution in [2.45, 2.75) is 51.6 Å². The minimum absolute atomic E-state index is 0.162. The van der Waals surface area contributed by atoms with Crippen LogP contribution in [0.25, 0.3) is 0 Å². The second kappa shape index (κ2) is 6.16. The van der Waals surface area contributed by atoms with Crippen LogP contribution in [0.15, 0.2) is 12.1 Å². The number of rotatable bonds is 2. The van der Waals surface area contributed by atoms with Crippen LogP contribution in [0, 0.1) is 0 Å². The molecule has 3 rings (SSSR count). The van der Waals surface area contributed by atoms with Crippen LogP contribution in [-0.4, -0.2) is 48.3 Å². The predicted molar refractivity (Wildman–Crippen MR) is 96.8 cm³/mol. The quantitative estimate of drug-likeness (QED) is 0.632. The Hall–Kier alpha value is -2.28. The Morgan fingerprint density at radius 1 is 1.35 bits per heavy atom. The molecule has 7 heteroatoms. The number of nitrogen functional groups attached to an aromatic ring is 1. The Bertz CT molecular complexity index is 756. The molecule has 2 aliphatic heterocycles. The molecule has 0 bridgehead atoms. The Kier molecular flexibility index (Phi) is 4.38. The van der Waals surface area contributed by atoms with Crippen LogP contribution in [0.2, 0.25) is 0 Å². The molecule has 1 unspecified atom stereocenters. The number of anilines is 2. The average molecular weight is 361 g/mol. The number of benzene rings is 1. The number of likely N-dealkylation sites (tertiary alicyclic amines) is 1. The van der Waals surface area contributed by atoms with Gasteiger partial charge in [0, 0.05) is 25.1 Å². The molecule has 0 radical (unpaired) electrons. The van der Waals surface area contributed by atoms with E-state index in [-0.39, 0.29) is 10.4 Å². The molecule has 0 aromatic heterocycles. The van der Waals surface area contributed by atoms with E-state index in [1.807, 2.05) is 26.8 Å². The first kappa shape index (κ1) is 18.5. The lowest BCUT2D eigenvalue weighted by molar-refractivity contribution is -0.922. The monoisotopic (exact) mass is 361 g/mol. The summed E-state index contributed by atoms with van der Waals surface area (Å²) in [6, 6.07) is 2.96. The Morgan fingerprint density at radius 2 is 2.04 bits per heavy atom. The van der Waals surface area contributed by atoms with Crippen molar-refractivity contribution in [3.8, 4) is 5.75 Å². The second-order valence-corrected chi connectivity index (χ2v) is 8.15. The van der Waals surface area contributed by atoms with E-state index >= 15 is 0 Å². The molecule has 2 atom stereocenters. The smallest absolute Gasteiger partial charge is 0.285 e. The van der Waals surface area contributed by atoms with E-state index in [4.69, 9.17) is 10.5 Å². The molecule has 2 N–H and O–H groups in total. The summed E-state index contributed by atoms with van der Waals surface area (Å²) in [5, 5.41) is 12.1. The zero-order chi connectivity index (χ0) is 19.3. The van der Waals surface area contributed by atoms with Gasteiger partial charge in [0.25, 0.3) is 12.0 Å². The molecule has 7 nitrogen and oxygen atoms in total. The van der Waals surface area contributed by atoms with E-state index in [2.05, 4.69) is 0 Å². The number of quaternary nitrogens is 1. The first-order valence-corrected chi connectivity index (χ1v) is 9.00. The number of nitrogens with two attached hydrogens (primary N) is 1. The standard InChI is InChI=1S/C19H27N3O4/c1-19(2,3)22(18(24)25)9-5-6-15(22)17(23)21-8-7-12-10-16(26-4)13(20)11-14(12)21/h10-11,15H,5-9,20H2,1-4H3/t15-,22?/m0/s1. The third kappa shape index (κ3) is 2.53. The van der Waals surface area contributed by atoms with Crippen molar-refractivity contribution >= 4 is 23.4 Å². The maximum absolute atomic E-state index is 13.4. The maximum Gasteiger partial charge on any atom is 0.285 e. The molecule has 0 spiro atoms. The van der Waals surface area contributed by atoms with Gasteiger partial charge in [-0.1, -0.05) is 0 Å². The van der Waals surface area contributed by atoms with E-state index in [1.165, 1.54) is 0 Å². The number of ether oxygens (including phenoxy) is 1. The minimum atomic E-state index is -1.18. The molecule has 142 valence electrons. The van der Waals surface area contributed by atoms with Crippen molar-refractivity contribution in [1.29, 1.82) is 0 Å². The van der Waals surface area contributed by atoms with Gasteiger partial charge in [0.15, 0.2) is 6.04 Å².